The van der Waals surface area contributed by atoms with Gasteiger partial charge in [-0.1, -0.05) is 119 Å². The molecule has 0 radical (unpaired) electrons. The lowest BCUT2D eigenvalue weighted by molar-refractivity contribution is -0.884. The van der Waals surface area contributed by atoms with E-state index in [2.05, 4.69) is 209 Å². The first kappa shape index (κ1) is 42.7. The van der Waals surface area contributed by atoms with Crippen LogP contribution in [0.4, 0.5) is 0 Å². The van der Waals surface area contributed by atoms with Crippen molar-refractivity contribution in [2.75, 3.05) is 84.6 Å². The van der Waals surface area contributed by atoms with Crippen LogP contribution in [0.3, 0.4) is 0 Å². The summed E-state index contributed by atoms with van der Waals surface area (Å²) in [4.78, 5) is 0. The molecule has 0 unspecified atom stereocenters. The number of hydrogen-bond acceptors (Lipinski definition) is 0. The van der Waals surface area contributed by atoms with Gasteiger partial charge in [0.25, 0.3) is 0 Å². The van der Waals surface area contributed by atoms with Gasteiger partial charge >= 0.3 is 0 Å². The predicted molar refractivity (Wildman–Crippen MR) is 212 cm³/mol. The summed E-state index contributed by atoms with van der Waals surface area (Å²) in [5, 5.41) is 0. The topological polar surface area (TPSA) is 0 Å². The molecule has 0 aliphatic carbocycles. The molecular weight excluding hydrogens is 585 g/mol. The van der Waals surface area contributed by atoms with Gasteiger partial charge in [0.1, 0.15) is 26.2 Å². The Hall–Kier alpha value is -3.28. The first-order valence-corrected chi connectivity index (χ1v) is 17.3. The number of quaternary nitrogens is 4. The molecule has 48 heavy (non-hydrogen) atoms. The molecule has 0 N–H and O–H groups in total. The van der Waals surface area contributed by atoms with Gasteiger partial charge in [0, 0.05) is 22.3 Å². The van der Waals surface area contributed by atoms with Crippen molar-refractivity contribution in [3.63, 3.8) is 0 Å². The monoisotopic (exact) mass is 657 g/mol. The zero-order valence-corrected chi connectivity index (χ0v) is 33.9. The molecule has 0 aliphatic rings. The van der Waals surface area contributed by atoms with E-state index in [0.717, 1.165) is 44.1 Å². The molecule has 0 atom stereocenters. The Labute approximate surface area is 297 Å². The Morgan fingerprint density at radius 1 is 0.250 bits per heavy atom. The van der Waals surface area contributed by atoms with Crippen LogP contribution in [0.5, 0.6) is 0 Å². The first-order valence-electron chi connectivity index (χ1n) is 17.3. The van der Waals surface area contributed by atoms with E-state index in [1.165, 1.54) is 44.5 Å². The summed E-state index contributed by atoms with van der Waals surface area (Å²) >= 11 is 0. The van der Waals surface area contributed by atoms with E-state index in [-0.39, 0.29) is 0 Å². The molecule has 0 saturated carbocycles. The normalized spacial score (nSPS) is 11.7. The summed E-state index contributed by atoms with van der Waals surface area (Å²) in [7, 11) is 26.5. The molecule has 0 heterocycles. The molecule has 0 amide bonds. The lowest BCUT2D eigenvalue weighted by atomic mass is 10.1. The SMILES string of the molecule is Cc1ccc(C[N+](C)(C)C)cc1.Cc1ccc(C[N+](C)(C)C)cc1.Cc1ccc(C[N+](C)(C)C)cc1.Cc1ccc(C[N+](C)(C)C)cc1. The lowest BCUT2D eigenvalue weighted by Crippen LogP contribution is -2.33. The minimum atomic E-state index is 0.989. The van der Waals surface area contributed by atoms with Crippen LogP contribution < -0.4 is 0 Å². The molecule has 4 heteroatoms. The standard InChI is InChI=1S/4C11H18N/c4*1-10-5-7-11(8-6-10)9-12(2,3)4/h4*5-8H,9H2,1-4H3/q4*+1. The zero-order chi connectivity index (χ0) is 36.8. The predicted octanol–water partition coefficient (Wildman–Crippen LogP) is 8.80. The van der Waals surface area contributed by atoms with Gasteiger partial charge in [0.2, 0.25) is 0 Å². The third kappa shape index (κ3) is 23.1. The van der Waals surface area contributed by atoms with Gasteiger partial charge in [0.05, 0.1) is 84.6 Å². The Morgan fingerprint density at radius 2 is 0.375 bits per heavy atom. The maximum atomic E-state index is 2.21. The molecule has 4 aromatic carbocycles. The molecule has 0 bridgehead atoms. The Kier molecular flexibility index (Phi) is 17.0. The fourth-order valence-electron chi connectivity index (χ4n) is 4.96. The van der Waals surface area contributed by atoms with E-state index in [0.29, 0.717) is 0 Å². The summed E-state index contributed by atoms with van der Waals surface area (Å²) in [5.41, 5.74) is 11.0. The molecule has 0 spiro atoms. The third-order valence-electron chi connectivity index (χ3n) is 7.11. The second-order valence-corrected chi connectivity index (χ2v) is 17.7. The fourth-order valence-corrected chi connectivity index (χ4v) is 4.96. The van der Waals surface area contributed by atoms with E-state index in [4.69, 9.17) is 0 Å². The molecule has 0 aliphatic heterocycles. The molecular formula is C44H72N4+4. The Morgan fingerprint density at radius 3 is 0.479 bits per heavy atom. The maximum absolute atomic E-state index is 2.21. The molecule has 264 valence electrons. The summed E-state index contributed by atoms with van der Waals surface area (Å²) in [6.45, 7) is 12.9. The second kappa shape index (κ2) is 19.0. The summed E-state index contributed by atoms with van der Waals surface area (Å²) in [5.74, 6) is 0. The largest absolute Gasteiger partial charge is 0.327 e. The van der Waals surface area contributed by atoms with Gasteiger partial charge in [0.15, 0.2) is 0 Å². The highest BCUT2D eigenvalue weighted by atomic mass is 15.3. The quantitative estimate of drug-likeness (QED) is 0.166. The highest BCUT2D eigenvalue weighted by molar-refractivity contribution is 5.22. The highest BCUT2D eigenvalue weighted by Crippen LogP contribution is 2.10. The van der Waals surface area contributed by atoms with Crippen molar-refractivity contribution in [1.82, 2.24) is 0 Å². The van der Waals surface area contributed by atoms with E-state index >= 15 is 0 Å². The lowest BCUT2D eigenvalue weighted by Gasteiger charge is -2.23. The minimum absolute atomic E-state index is 0.989. The van der Waals surface area contributed by atoms with Crippen LogP contribution in [-0.4, -0.2) is 103 Å². The van der Waals surface area contributed by atoms with Crippen molar-refractivity contribution >= 4 is 0 Å². The zero-order valence-electron chi connectivity index (χ0n) is 33.9. The van der Waals surface area contributed by atoms with E-state index in [1.54, 1.807) is 0 Å². The van der Waals surface area contributed by atoms with Gasteiger partial charge in [-0.2, -0.15) is 0 Å². The van der Waals surface area contributed by atoms with Crippen LogP contribution in [0.1, 0.15) is 44.5 Å². The summed E-state index contributed by atoms with van der Waals surface area (Å²) in [6, 6.07) is 35.0. The molecule has 4 rings (SSSR count). The van der Waals surface area contributed by atoms with Gasteiger partial charge in [-0.05, 0) is 27.7 Å². The van der Waals surface area contributed by atoms with Crippen molar-refractivity contribution in [1.29, 1.82) is 0 Å². The van der Waals surface area contributed by atoms with Gasteiger partial charge in [-0.3, -0.25) is 0 Å². The second-order valence-electron chi connectivity index (χ2n) is 17.7. The smallest absolute Gasteiger partial charge is 0.104 e. The highest BCUT2D eigenvalue weighted by Gasteiger charge is 2.09. The van der Waals surface area contributed by atoms with Crippen LogP contribution in [0.25, 0.3) is 0 Å². The average Bonchev–Trinajstić information content (AvgIpc) is 2.92. The van der Waals surface area contributed by atoms with Gasteiger partial charge < -0.3 is 17.9 Å². The molecule has 0 saturated heterocycles. The molecule has 0 fully saturated rings. The van der Waals surface area contributed by atoms with Gasteiger partial charge in [-0.15, -0.1) is 0 Å². The fraction of sp³-hybridized carbons (Fsp3) is 0.455. The molecule has 4 aromatic rings. The minimum Gasteiger partial charge on any atom is -0.327 e. The number of hydrogen-bond donors (Lipinski definition) is 0. The van der Waals surface area contributed by atoms with E-state index < -0.39 is 0 Å². The van der Waals surface area contributed by atoms with E-state index in [1.807, 2.05) is 0 Å². The summed E-state index contributed by atoms with van der Waals surface area (Å²) < 4.78 is 3.96. The van der Waals surface area contributed by atoms with Crippen LogP contribution in [0, 0.1) is 27.7 Å². The maximum Gasteiger partial charge on any atom is 0.104 e. The van der Waals surface area contributed by atoms with Crippen LogP contribution in [0.15, 0.2) is 97.1 Å². The van der Waals surface area contributed by atoms with E-state index in [9.17, 15) is 0 Å². The Balaban J connectivity index is 0.000000320. The number of rotatable bonds is 8. The van der Waals surface area contributed by atoms with Crippen molar-refractivity contribution in [2.45, 2.75) is 53.9 Å². The van der Waals surface area contributed by atoms with Crippen LogP contribution >= 0.6 is 0 Å². The number of benzene rings is 4. The van der Waals surface area contributed by atoms with Crippen LogP contribution in [0.2, 0.25) is 0 Å². The summed E-state index contributed by atoms with van der Waals surface area (Å²) in [6.07, 6.45) is 0. The van der Waals surface area contributed by atoms with Crippen molar-refractivity contribution in [3.05, 3.63) is 142 Å². The molecule has 0 aromatic heterocycles. The van der Waals surface area contributed by atoms with Crippen molar-refractivity contribution in [3.8, 4) is 0 Å². The number of aryl methyl sites for hydroxylation is 4. The first-order chi connectivity index (χ1) is 21.9. The van der Waals surface area contributed by atoms with Crippen LogP contribution in [-0.2, 0) is 26.2 Å². The van der Waals surface area contributed by atoms with Crippen molar-refractivity contribution in [2.24, 2.45) is 0 Å². The Bertz CT molecular complexity index is 1190. The van der Waals surface area contributed by atoms with Gasteiger partial charge in [-0.25, -0.2) is 0 Å². The average molecular weight is 657 g/mol. The number of nitrogens with zero attached hydrogens (tertiary/aromatic N) is 4. The molecule has 4 nitrogen and oxygen atoms in total. The third-order valence-corrected chi connectivity index (χ3v) is 7.11. The van der Waals surface area contributed by atoms with Crippen molar-refractivity contribution < 1.29 is 17.9 Å².